The Labute approximate surface area is 109 Å². The number of thiophene rings is 1. The predicted molar refractivity (Wildman–Crippen MR) is 76.0 cm³/mol. The van der Waals surface area contributed by atoms with Crippen LogP contribution in [0.3, 0.4) is 0 Å². The molecule has 1 aromatic heterocycles. The lowest BCUT2D eigenvalue weighted by molar-refractivity contribution is 0.647. The van der Waals surface area contributed by atoms with Crippen molar-refractivity contribution in [3.8, 4) is 0 Å². The molecule has 1 heterocycles. The Morgan fingerprint density at radius 2 is 2.12 bits per heavy atom. The summed E-state index contributed by atoms with van der Waals surface area (Å²) >= 11 is 5.37. The van der Waals surface area contributed by atoms with E-state index in [-0.39, 0.29) is 0 Å². The molecule has 0 atom stereocenters. The van der Waals surface area contributed by atoms with E-state index in [2.05, 4.69) is 48.0 Å². The quantitative estimate of drug-likeness (QED) is 0.897. The summed E-state index contributed by atoms with van der Waals surface area (Å²) in [6, 6.07) is 6.48. The van der Waals surface area contributed by atoms with Gasteiger partial charge in [0.15, 0.2) is 0 Å². The van der Waals surface area contributed by atoms with Gasteiger partial charge < -0.3 is 5.73 Å². The molecule has 3 heteroatoms. The van der Waals surface area contributed by atoms with Gasteiger partial charge in [0, 0.05) is 20.6 Å². The molecule has 0 fully saturated rings. The molecule has 2 aromatic rings. The van der Waals surface area contributed by atoms with Crippen LogP contribution in [0.25, 0.3) is 10.1 Å². The smallest absolute Gasteiger partial charge is 0.0349 e. The Balaban J connectivity index is 2.60. The van der Waals surface area contributed by atoms with Gasteiger partial charge >= 0.3 is 0 Å². The second-order valence-electron chi connectivity index (χ2n) is 4.45. The molecule has 1 nitrogen and oxygen atoms in total. The minimum atomic E-state index is 0.652. The SMILES string of the molecule is CC(C)Cc1c(CN)sc2ccc(Br)cc12. The summed E-state index contributed by atoms with van der Waals surface area (Å²) in [5.41, 5.74) is 7.27. The van der Waals surface area contributed by atoms with Crippen LogP contribution in [0.1, 0.15) is 24.3 Å². The number of fused-ring (bicyclic) bond motifs is 1. The van der Waals surface area contributed by atoms with Crippen molar-refractivity contribution < 1.29 is 0 Å². The molecule has 16 heavy (non-hydrogen) atoms. The Bertz CT molecular complexity index is 502. The van der Waals surface area contributed by atoms with Crippen molar-refractivity contribution in [2.75, 3.05) is 0 Å². The molecule has 0 radical (unpaired) electrons. The maximum Gasteiger partial charge on any atom is 0.0349 e. The van der Waals surface area contributed by atoms with Crippen LogP contribution in [0, 0.1) is 5.92 Å². The molecule has 0 aliphatic heterocycles. The molecule has 2 rings (SSSR count). The number of halogens is 1. The lowest BCUT2D eigenvalue weighted by atomic mass is 10.00. The molecule has 2 N–H and O–H groups in total. The highest BCUT2D eigenvalue weighted by Gasteiger charge is 2.12. The fourth-order valence-corrected chi connectivity index (χ4v) is 3.42. The summed E-state index contributed by atoms with van der Waals surface area (Å²) in [5.74, 6) is 0.669. The molecule has 0 aliphatic rings. The molecule has 0 saturated carbocycles. The maximum atomic E-state index is 5.83. The van der Waals surface area contributed by atoms with E-state index in [4.69, 9.17) is 5.73 Å². The summed E-state index contributed by atoms with van der Waals surface area (Å²) in [5, 5.41) is 1.37. The number of nitrogens with two attached hydrogens (primary N) is 1. The third-order valence-electron chi connectivity index (χ3n) is 2.63. The number of hydrogen-bond acceptors (Lipinski definition) is 2. The van der Waals surface area contributed by atoms with Gasteiger partial charge in [0.05, 0.1) is 0 Å². The predicted octanol–water partition coefficient (Wildman–Crippen LogP) is 4.32. The van der Waals surface area contributed by atoms with Crippen LogP contribution in [0.15, 0.2) is 22.7 Å². The Morgan fingerprint density at radius 1 is 1.38 bits per heavy atom. The zero-order chi connectivity index (χ0) is 11.7. The monoisotopic (exact) mass is 297 g/mol. The van der Waals surface area contributed by atoms with Gasteiger partial charge in [-0.1, -0.05) is 29.8 Å². The highest BCUT2D eigenvalue weighted by atomic mass is 79.9. The van der Waals surface area contributed by atoms with Crippen LogP contribution >= 0.6 is 27.3 Å². The van der Waals surface area contributed by atoms with E-state index in [1.54, 1.807) is 0 Å². The van der Waals surface area contributed by atoms with Crippen LogP contribution < -0.4 is 5.73 Å². The number of benzene rings is 1. The molecule has 0 unspecified atom stereocenters. The van der Waals surface area contributed by atoms with Crippen LogP contribution in [0.5, 0.6) is 0 Å². The van der Waals surface area contributed by atoms with Crippen molar-refractivity contribution in [3.63, 3.8) is 0 Å². The number of rotatable bonds is 3. The summed E-state index contributed by atoms with van der Waals surface area (Å²) in [6.07, 6.45) is 1.11. The van der Waals surface area contributed by atoms with Gasteiger partial charge in [-0.25, -0.2) is 0 Å². The van der Waals surface area contributed by atoms with Gasteiger partial charge in [-0.15, -0.1) is 11.3 Å². The van der Waals surface area contributed by atoms with Gasteiger partial charge in [0.2, 0.25) is 0 Å². The summed E-state index contributed by atoms with van der Waals surface area (Å²) < 4.78 is 2.49. The minimum absolute atomic E-state index is 0.652. The van der Waals surface area contributed by atoms with E-state index in [0.717, 1.165) is 10.9 Å². The van der Waals surface area contributed by atoms with E-state index in [0.29, 0.717) is 12.5 Å². The second-order valence-corrected chi connectivity index (χ2v) is 6.50. The van der Waals surface area contributed by atoms with Crippen molar-refractivity contribution in [1.82, 2.24) is 0 Å². The largest absolute Gasteiger partial charge is 0.326 e. The van der Waals surface area contributed by atoms with Gasteiger partial charge in [-0.2, -0.15) is 0 Å². The fourth-order valence-electron chi connectivity index (χ4n) is 1.97. The van der Waals surface area contributed by atoms with Crippen molar-refractivity contribution in [1.29, 1.82) is 0 Å². The fraction of sp³-hybridized carbons (Fsp3) is 0.385. The van der Waals surface area contributed by atoms with Crippen molar-refractivity contribution in [2.45, 2.75) is 26.8 Å². The second kappa shape index (κ2) is 4.86. The van der Waals surface area contributed by atoms with E-state index < -0.39 is 0 Å². The van der Waals surface area contributed by atoms with Crippen molar-refractivity contribution >= 4 is 37.4 Å². The normalized spacial score (nSPS) is 11.6. The lowest BCUT2D eigenvalue weighted by Crippen LogP contribution is -2.00. The molecule has 0 spiro atoms. The Hall–Kier alpha value is -0.380. The highest BCUT2D eigenvalue weighted by Crippen LogP contribution is 2.34. The lowest BCUT2D eigenvalue weighted by Gasteiger charge is -2.06. The average molecular weight is 298 g/mol. The van der Waals surface area contributed by atoms with E-state index in [9.17, 15) is 0 Å². The zero-order valence-corrected chi connectivity index (χ0v) is 12.0. The first-order valence-corrected chi connectivity index (χ1v) is 7.12. The van der Waals surface area contributed by atoms with Crippen molar-refractivity contribution in [3.05, 3.63) is 33.1 Å². The van der Waals surface area contributed by atoms with Gasteiger partial charge in [-0.3, -0.25) is 0 Å². The molecule has 0 bridgehead atoms. The van der Waals surface area contributed by atoms with Crippen LogP contribution in [0.4, 0.5) is 0 Å². The first-order valence-electron chi connectivity index (χ1n) is 5.51. The molecular formula is C13H16BrNS. The third kappa shape index (κ3) is 2.31. The van der Waals surface area contributed by atoms with Gasteiger partial charge in [-0.05, 0) is 41.5 Å². The van der Waals surface area contributed by atoms with Crippen LogP contribution in [-0.4, -0.2) is 0 Å². The molecule has 1 aromatic carbocycles. The highest BCUT2D eigenvalue weighted by molar-refractivity contribution is 9.10. The molecule has 0 amide bonds. The first-order chi connectivity index (χ1) is 7.61. The van der Waals surface area contributed by atoms with E-state index in [1.807, 2.05) is 11.3 Å². The minimum Gasteiger partial charge on any atom is -0.326 e. The molecular weight excluding hydrogens is 282 g/mol. The maximum absolute atomic E-state index is 5.83. The van der Waals surface area contributed by atoms with Crippen LogP contribution in [0.2, 0.25) is 0 Å². The average Bonchev–Trinajstić information content (AvgIpc) is 2.56. The van der Waals surface area contributed by atoms with E-state index in [1.165, 1.54) is 20.5 Å². The topological polar surface area (TPSA) is 26.0 Å². The first kappa shape index (κ1) is 12.1. The molecule has 86 valence electrons. The standard InChI is InChI=1S/C13H16BrNS/c1-8(2)5-10-11-6-9(14)3-4-12(11)16-13(10)7-15/h3-4,6,8H,5,7,15H2,1-2H3. The zero-order valence-electron chi connectivity index (χ0n) is 9.59. The van der Waals surface area contributed by atoms with Gasteiger partial charge in [0.25, 0.3) is 0 Å². The van der Waals surface area contributed by atoms with Gasteiger partial charge in [0.1, 0.15) is 0 Å². The summed E-state index contributed by atoms with van der Waals surface area (Å²) in [4.78, 5) is 1.34. The summed E-state index contributed by atoms with van der Waals surface area (Å²) in [7, 11) is 0. The molecule has 0 aliphatic carbocycles. The Kier molecular flexibility index (Phi) is 3.67. The molecule has 0 saturated heterocycles. The van der Waals surface area contributed by atoms with Crippen LogP contribution in [-0.2, 0) is 13.0 Å². The summed E-state index contributed by atoms with van der Waals surface area (Å²) in [6.45, 7) is 5.16. The van der Waals surface area contributed by atoms with Crippen molar-refractivity contribution in [2.24, 2.45) is 11.7 Å². The number of hydrogen-bond donors (Lipinski definition) is 1. The van der Waals surface area contributed by atoms with E-state index >= 15 is 0 Å². The Morgan fingerprint density at radius 3 is 2.75 bits per heavy atom. The third-order valence-corrected chi connectivity index (χ3v) is 4.36.